The number of hydrogen-bond donors (Lipinski definition) is 0. The molecule has 5 heteroatoms. The van der Waals surface area contributed by atoms with E-state index >= 15 is 0 Å². The molecule has 1 aliphatic rings. The fourth-order valence-corrected chi connectivity index (χ4v) is 22.4. The number of furan rings is 1. The van der Waals surface area contributed by atoms with Crippen LogP contribution in [0.2, 0.25) is 0 Å². The Hall–Kier alpha value is -16.2. The van der Waals surface area contributed by atoms with E-state index in [2.05, 4.69) is 477 Å². The van der Waals surface area contributed by atoms with Gasteiger partial charge in [-0.25, -0.2) is 0 Å². The van der Waals surface area contributed by atoms with Crippen molar-refractivity contribution < 1.29 is 4.42 Å². The zero-order chi connectivity index (χ0) is 84.7. The van der Waals surface area contributed by atoms with Crippen molar-refractivity contribution >= 4 is 234 Å². The number of thiophene rings is 1. The minimum atomic E-state index is -0.0813. The lowest BCUT2D eigenvalue weighted by Crippen LogP contribution is -2.15. The third-order valence-electron chi connectivity index (χ3n) is 26.9. The van der Waals surface area contributed by atoms with E-state index in [1.807, 2.05) is 17.4 Å². The fraction of sp³-hybridized carbons (Fsp3) is 0.0244. The molecule has 26 aromatic rings. The van der Waals surface area contributed by atoms with Gasteiger partial charge >= 0.3 is 0 Å². The van der Waals surface area contributed by atoms with Crippen LogP contribution < -0.4 is 14.7 Å². The summed E-state index contributed by atoms with van der Waals surface area (Å²) >= 11 is 1.91. The van der Waals surface area contributed by atoms with Crippen molar-refractivity contribution in [1.82, 2.24) is 0 Å². The predicted molar refractivity (Wildman–Crippen MR) is 551 cm³/mol. The summed E-state index contributed by atoms with van der Waals surface area (Å²) in [7, 11) is 0. The molecule has 2 aromatic heterocycles. The van der Waals surface area contributed by atoms with Gasteiger partial charge in [-0.05, 0) is 263 Å². The van der Waals surface area contributed by atoms with E-state index in [9.17, 15) is 0 Å². The van der Waals surface area contributed by atoms with Gasteiger partial charge in [-0.2, -0.15) is 0 Å². The van der Waals surface area contributed by atoms with Crippen LogP contribution in [0.15, 0.2) is 459 Å². The summed E-state index contributed by atoms with van der Waals surface area (Å²) in [4.78, 5) is 7.08. The summed E-state index contributed by atoms with van der Waals surface area (Å²) in [5.41, 5.74) is 17.7. The fourth-order valence-electron chi connectivity index (χ4n) is 21.2. The van der Waals surface area contributed by atoms with Gasteiger partial charge in [0.25, 0.3) is 0 Å². The lowest BCUT2D eigenvalue weighted by Gasteiger charge is -2.27. The molecule has 600 valence electrons. The lowest BCUT2D eigenvalue weighted by atomic mass is 9.78. The van der Waals surface area contributed by atoms with Gasteiger partial charge in [-0.15, -0.1) is 11.3 Å². The highest BCUT2D eigenvalue weighted by atomic mass is 32.1. The normalized spacial score (nSPS) is 12.4. The van der Waals surface area contributed by atoms with E-state index in [0.29, 0.717) is 0 Å². The number of para-hydroxylation sites is 4. The number of benzene rings is 24. The molecule has 0 bridgehead atoms. The molecule has 0 N–H and O–H groups in total. The van der Waals surface area contributed by atoms with Crippen LogP contribution >= 0.6 is 11.3 Å². The van der Waals surface area contributed by atoms with Crippen LogP contribution in [0.5, 0.6) is 0 Å². The number of hydrogen-bond acceptors (Lipinski definition) is 5. The van der Waals surface area contributed by atoms with E-state index in [1.54, 1.807) is 0 Å². The molecule has 0 saturated heterocycles. The highest BCUT2D eigenvalue weighted by Crippen LogP contribution is 2.57. The maximum atomic E-state index is 6.53. The van der Waals surface area contributed by atoms with Crippen LogP contribution in [0, 0.1) is 0 Å². The molecule has 0 aliphatic heterocycles. The van der Waals surface area contributed by atoms with Gasteiger partial charge in [-0.1, -0.05) is 341 Å². The second kappa shape index (κ2) is 30.1. The molecule has 128 heavy (non-hydrogen) atoms. The van der Waals surface area contributed by atoms with Gasteiger partial charge in [-0.3, -0.25) is 0 Å². The molecular weight excluding hydrogens is 1570 g/mol. The molecule has 0 atom stereocenters. The van der Waals surface area contributed by atoms with Crippen LogP contribution in [0.1, 0.15) is 25.0 Å². The minimum absolute atomic E-state index is 0.0813. The van der Waals surface area contributed by atoms with Crippen molar-refractivity contribution in [2.45, 2.75) is 19.3 Å². The molecule has 0 spiro atoms. The quantitative estimate of drug-likeness (QED) is 0.134. The van der Waals surface area contributed by atoms with Crippen molar-refractivity contribution in [2.75, 3.05) is 14.7 Å². The molecule has 24 aromatic carbocycles. The largest absolute Gasteiger partial charge is 0.455 e. The third kappa shape index (κ3) is 12.1. The van der Waals surface area contributed by atoms with Gasteiger partial charge < -0.3 is 19.1 Å². The Morgan fingerprint density at radius 1 is 0.211 bits per heavy atom. The summed E-state index contributed by atoms with van der Waals surface area (Å²) < 4.78 is 9.24. The van der Waals surface area contributed by atoms with Crippen LogP contribution in [0.25, 0.3) is 183 Å². The topological polar surface area (TPSA) is 22.9 Å². The van der Waals surface area contributed by atoms with Gasteiger partial charge in [0.05, 0.1) is 0 Å². The molecule has 1 aliphatic carbocycles. The minimum Gasteiger partial charge on any atom is -0.455 e. The summed E-state index contributed by atoms with van der Waals surface area (Å²) in [6, 6.07) is 165. The van der Waals surface area contributed by atoms with E-state index in [0.717, 1.165) is 73.1 Å². The first kappa shape index (κ1) is 74.4. The summed E-state index contributed by atoms with van der Waals surface area (Å²) in [5, 5.41) is 35.5. The first-order valence-electron chi connectivity index (χ1n) is 44.2. The SMILES string of the molecule is CC1(C)c2ccccc2-c2c1c1ccc3cc(N(c4ccccc4)c4ccc5ccccc5c4)ccc3c1c1ccccc21.c1ccc(N(c2ccc3ccccc3c2)c2ccc3c(ccc4c5oc6ccccc6c5c5ccccc5c34)c2)cc1.c1ccc(N(c2ccc3ccccc3c2)c2ccc3c(ccc4c5sc6ccccc6c5c5ccccc5c34)c2)cc1. The van der Waals surface area contributed by atoms with Crippen LogP contribution in [0.4, 0.5) is 51.2 Å². The lowest BCUT2D eigenvalue weighted by molar-refractivity contribution is 0.666. The number of anilines is 9. The second-order valence-corrected chi connectivity index (χ2v) is 35.5. The molecule has 0 amide bonds. The van der Waals surface area contributed by atoms with E-state index in [-0.39, 0.29) is 5.41 Å². The molecule has 27 rings (SSSR count). The van der Waals surface area contributed by atoms with Crippen molar-refractivity contribution in [3.63, 3.8) is 0 Å². The standard InChI is InChI=1S/C43H31N.C40H25NO.C40H25NS/c1-43(2)39-19-11-10-18-37(39)41-36-17-9-8-16-35(36)40-34-25-23-33(27-30(34)21-24-38(40)42(41)43)44(31-14-4-3-5-15-31)32-22-20-28-12-6-7-13-29(28)26-32;2*1-2-12-29(13-3-1)41(30-20-18-26-10-4-5-11-27(26)24-30)31-21-23-32-28(25-31)19-22-36-38(32)33-14-6-7-15-34(33)39-35-16-8-9-17-37(35)42-40(36)39/h3-27H,1-2H3;2*1-25H. The number of nitrogens with zero attached hydrogens (tertiary/aromatic N) is 3. The van der Waals surface area contributed by atoms with Gasteiger partial charge in [0.2, 0.25) is 0 Å². The predicted octanol–water partition coefficient (Wildman–Crippen LogP) is 35.9. The second-order valence-electron chi connectivity index (χ2n) is 34.4. The zero-order valence-electron chi connectivity index (χ0n) is 70.5. The van der Waals surface area contributed by atoms with Crippen LogP contribution in [0.3, 0.4) is 0 Å². The molecule has 4 nitrogen and oxygen atoms in total. The Kier molecular flexibility index (Phi) is 17.5. The van der Waals surface area contributed by atoms with Crippen LogP contribution in [-0.4, -0.2) is 0 Å². The average molecular weight is 1650 g/mol. The number of fused-ring (bicyclic) bond motifs is 33. The first-order chi connectivity index (χ1) is 63.3. The van der Waals surface area contributed by atoms with Crippen molar-refractivity contribution in [3.8, 4) is 11.1 Å². The Labute approximate surface area is 744 Å². The maximum Gasteiger partial charge on any atom is 0.143 e. The number of rotatable bonds is 9. The van der Waals surface area contributed by atoms with Crippen LogP contribution in [-0.2, 0) is 5.41 Å². The van der Waals surface area contributed by atoms with Crippen molar-refractivity contribution in [1.29, 1.82) is 0 Å². The Morgan fingerprint density at radius 2 is 0.531 bits per heavy atom. The Balaban J connectivity index is 0.000000104. The highest BCUT2D eigenvalue weighted by Gasteiger charge is 2.39. The molecule has 0 unspecified atom stereocenters. The summed E-state index contributed by atoms with van der Waals surface area (Å²) in [6.45, 7) is 4.78. The van der Waals surface area contributed by atoms with Crippen molar-refractivity contribution in [2.24, 2.45) is 0 Å². The van der Waals surface area contributed by atoms with Gasteiger partial charge in [0.15, 0.2) is 0 Å². The average Bonchev–Trinajstić information content (AvgIpc) is 1.54. The van der Waals surface area contributed by atoms with E-state index in [1.165, 1.54) is 172 Å². The maximum absolute atomic E-state index is 6.53. The van der Waals surface area contributed by atoms with E-state index < -0.39 is 0 Å². The third-order valence-corrected chi connectivity index (χ3v) is 28.1. The van der Waals surface area contributed by atoms with E-state index in [4.69, 9.17) is 4.42 Å². The molecule has 0 fully saturated rings. The summed E-state index contributed by atoms with van der Waals surface area (Å²) in [6.07, 6.45) is 0. The monoisotopic (exact) mass is 1650 g/mol. The highest BCUT2D eigenvalue weighted by molar-refractivity contribution is 7.27. The Morgan fingerprint density at radius 3 is 1.02 bits per heavy atom. The van der Waals surface area contributed by atoms with Gasteiger partial charge in [0.1, 0.15) is 11.2 Å². The molecular formula is C123H81N3OS. The van der Waals surface area contributed by atoms with Crippen molar-refractivity contribution in [3.05, 3.63) is 466 Å². The molecule has 2 heterocycles. The molecule has 0 radical (unpaired) electrons. The summed E-state index contributed by atoms with van der Waals surface area (Å²) in [5.74, 6) is 0. The van der Waals surface area contributed by atoms with Gasteiger partial charge in [0, 0.05) is 104 Å². The Bertz CT molecular complexity index is 8670. The zero-order valence-corrected chi connectivity index (χ0v) is 71.3. The smallest absolute Gasteiger partial charge is 0.143 e. The first-order valence-corrected chi connectivity index (χ1v) is 45.0. The molecule has 0 saturated carbocycles.